The Labute approximate surface area is 123 Å². The molecule has 0 saturated carbocycles. The Bertz CT molecular complexity index is 547. The van der Waals surface area contributed by atoms with Crippen molar-refractivity contribution in [3.8, 4) is 0 Å². The van der Waals surface area contributed by atoms with Gasteiger partial charge >= 0.3 is 0 Å². The Morgan fingerprint density at radius 2 is 1.79 bits per heavy atom. The number of nitrogens with zero attached hydrogens (tertiary/aromatic N) is 2. The van der Waals surface area contributed by atoms with Gasteiger partial charge in [-0.25, -0.2) is 0 Å². The molecule has 0 radical (unpaired) electrons. The fourth-order valence-electron chi connectivity index (χ4n) is 1.94. The molecule has 0 saturated heterocycles. The first kappa shape index (κ1) is 14.4. The zero-order valence-corrected chi connectivity index (χ0v) is 12.6. The van der Waals surface area contributed by atoms with E-state index in [1.165, 1.54) is 5.56 Å². The average molecular weight is 298 g/mol. The van der Waals surface area contributed by atoms with Gasteiger partial charge in [0.15, 0.2) is 0 Å². The number of hydrogen-bond donors (Lipinski definition) is 1. The summed E-state index contributed by atoms with van der Waals surface area (Å²) in [5, 5.41) is 8.40. The van der Waals surface area contributed by atoms with Crippen LogP contribution in [0, 0.1) is 6.92 Å². The highest BCUT2D eigenvalue weighted by atomic mass is 35.5. The molecule has 5 heteroatoms. The number of aryl methyl sites for hydroxylation is 2. The highest BCUT2D eigenvalue weighted by molar-refractivity contribution is 6.31. The van der Waals surface area contributed by atoms with Crippen LogP contribution >= 0.6 is 23.2 Å². The lowest BCUT2D eigenvalue weighted by atomic mass is 10.1. The number of benzene rings is 1. The summed E-state index contributed by atoms with van der Waals surface area (Å²) in [6.45, 7) is 3.41. The summed E-state index contributed by atoms with van der Waals surface area (Å²) in [7, 11) is 1.91. The third kappa shape index (κ3) is 3.50. The zero-order valence-electron chi connectivity index (χ0n) is 11.1. The second-order valence-corrected chi connectivity index (χ2v) is 5.17. The van der Waals surface area contributed by atoms with E-state index < -0.39 is 0 Å². The van der Waals surface area contributed by atoms with Crippen molar-refractivity contribution < 1.29 is 0 Å². The van der Waals surface area contributed by atoms with Crippen LogP contribution in [0.25, 0.3) is 0 Å². The third-order valence-corrected chi connectivity index (χ3v) is 3.86. The molecular weight excluding hydrogens is 281 g/mol. The second-order valence-electron chi connectivity index (χ2n) is 4.52. The van der Waals surface area contributed by atoms with Gasteiger partial charge in [-0.15, -0.1) is 11.6 Å². The summed E-state index contributed by atoms with van der Waals surface area (Å²) in [5.41, 5.74) is 4.24. The first-order valence-electron chi connectivity index (χ1n) is 6.14. The summed E-state index contributed by atoms with van der Waals surface area (Å²) >= 11 is 12.0. The molecule has 0 amide bonds. The molecule has 0 aliphatic rings. The van der Waals surface area contributed by atoms with Crippen LogP contribution in [0.2, 0.25) is 5.02 Å². The van der Waals surface area contributed by atoms with Crippen LogP contribution in [-0.4, -0.2) is 9.78 Å². The van der Waals surface area contributed by atoms with Crippen LogP contribution in [0.4, 0.5) is 0 Å². The summed E-state index contributed by atoms with van der Waals surface area (Å²) in [5.74, 6) is 0.553. The van der Waals surface area contributed by atoms with E-state index in [4.69, 9.17) is 23.2 Å². The lowest BCUT2D eigenvalue weighted by Crippen LogP contribution is -2.15. The van der Waals surface area contributed by atoms with Crippen LogP contribution in [0.15, 0.2) is 24.3 Å². The maximum Gasteiger partial charge on any atom is 0.0860 e. The van der Waals surface area contributed by atoms with Crippen LogP contribution in [-0.2, 0) is 26.0 Å². The van der Waals surface area contributed by atoms with Crippen LogP contribution in [0.1, 0.15) is 22.5 Å². The minimum absolute atomic E-state index is 0.553. The van der Waals surface area contributed by atoms with Gasteiger partial charge in [0.2, 0.25) is 0 Å². The van der Waals surface area contributed by atoms with Gasteiger partial charge in [0, 0.05) is 26.0 Å². The summed E-state index contributed by atoms with van der Waals surface area (Å²) < 4.78 is 1.82. The molecule has 102 valence electrons. The molecule has 2 rings (SSSR count). The molecule has 3 nitrogen and oxygen atoms in total. The van der Waals surface area contributed by atoms with Crippen molar-refractivity contribution in [2.45, 2.75) is 25.9 Å². The molecule has 1 aromatic heterocycles. The van der Waals surface area contributed by atoms with E-state index in [-0.39, 0.29) is 0 Å². The Kier molecular flexibility index (Phi) is 4.86. The van der Waals surface area contributed by atoms with Crippen molar-refractivity contribution in [1.82, 2.24) is 15.1 Å². The number of rotatable bonds is 5. The Balaban J connectivity index is 1.92. The molecule has 0 spiro atoms. The van der Waals surface area contributed by atoms with E-state index in [1.54, 1.807) is 0 Å². The van der Waals surface area contributed by atoms with Gasteiger partial charge in [0.05, 0.1) is 16.4 Å². The molecule has 1 aromatic carbocycles. The molecule has 0 fully saturated rings. The van der Waals surface area contributed by atoms with Gasteiger partial charge in [-0.1, -0.05) is 35.9 Å². The summed E-state index contributed by atoms with van der Waals surface area (Å²) in [6.07, 6.45) is 0. The van der Waals surface area contributed by atoms with Crippen molar-refractivity contribution in [3.05, 3.63) is 51.8 Å². The lowest BCUT2D eigenvalue weighted by molar-refractivity contribution is 0.624. The van der Waals surface area contributed by atoms with E-state index in [1.807, 2.05) is 30.8 Å². The molecule has 19 heavy (non-hydrogen) atoms. The standard InChI is InChI=1S/C14H17Cl2N3/c1-10-14(16)13(19(2)18-10)9-17-8-12-5-3-11(7-15)4-6-12/h3-6,17H,7-9H2,1-2H3. The first-order valence-corrected chi connectivity index (χ1v) is 7.05. The number of aromatic nitrogens is 2. The van der Waals surface area contributed by atoms with Gasteiger partial charge in [-0.3, -0.25) is 4.68 Å². The largest absolute Gasteiger partial charge is 0.307 e. The zero-order chi connectivity index (χ0) is 13.8. The molecule has 0 aliphatic heterocycles. The van der Waals surface area contributed by atoms with Crippen LogP contribution in [0.3, 0.4) is 0 Å². The highest BCUT2D eigenvalue weighted by Crippen LogP contribution is 2.19. The van der Waals surface area contributed by atoms with Crippen molar-refractivity contribution in [1.29, 1.82) is 0 Å². The molecule has 0 atom stereocenters. The van der Waals surface area contributed by atoms with E-state index >= 15 is 0 Å². The molecule has 0 unspecified atom stereocenters. The minimum Gasteiger partial charge on any atom is -0.307 e. The van der Waals surface area contributed by atoms with Gasteiger partial charge in [0.1, 0.15) is 0 Å². The minimum atomic E-state index is 0.553. The molecule has 0 bridgehead atoms. The fourth-order valence-corrected chi connectivity index (χ4v) is 2.35. The van der Waals surface area contributed by atoms with Gasteiger partial charge in [-0.05, 0) is 18.1 Å². The third-order valence-electron chi connectivity index (χ3n) is 3.06. The Morgan fingerprint density at radius 3 is 2.32 bits per heavy atom. The predicted molar refractivity (Wildman–Crippen MR) is 79.5 cm³/mol. The van der Waals surface area contributed by atoms with Gasteiger partial charge in [-0.2, -0.15) is 5.10 Å². The van der Waals surface area contributed by atoms with Crippen molar-refractivity contribution >= 4 is 23.2 Å². The lowest BCUT2D eigenvalue weighted by Gasteiger charge is -2.06. The molecular formula is C14H17Cl2N3. The van der Waals surface area contributed by atoms with Crippen molar-refractivity contribution in [2.24, 2.45) is 7.05 Å². The Hall–Kier alpha value is -1.03. The summed E-state index contributed by atoms with van der Waals surface area (Å²) in [4.78, 5) is 0. The SMILES string of the molecule is Cc1nn(C)c(CNCc2ccc(CCl)cc2)c1Cl. The second kappa shape index (κ2) is 6.42. The maximum absolute atomic E-state index is 6.20. The van der Waals surface area contributed by atoms with Crippen LogP contribution in [0.5, 0.6) is 0 Å². The highest BCUT2D eigenvalue weighted by Gasteiger charge is 2.09. The number of alkyl halides is 1. The Morgan fingerprint density at radius 1 is 1.16 bits per heavy atom. The van der Waals surface area contributed by atoms with E-state index in [2.05, 4.69) is 22.5 Å². The van der Waals surface area contributed by atoms with Crippen molar-refractivity contribution in [3.63, 3.8) is 0 Å². The molecule has 2 aromatic rings. The molecule has 0 aliphatic carbocycles. The predicted octanol–water partition coefficient (Wildman–Crippen LogP) is 3.41. The van der Waals surface area contributed by atoms with Gasteiger partial charge < -0.3 is 5.32 Å². The smallest absolute Gasteiger partial charge is 0.0860 e. The van der Waals surface area contributed by atoms with Crippen LogP contribution < -0.4 is 5.32 Å². The molecule has 1 N–H and O–H groups in total. The molecule has 1 heterocycles. The van der Waals surface area contributed by atoms with E-state index in [0.29, 0.717) is 12.4 Å². The van der Waals surface area contributed by atoms with Gasteiger partial charge in [0.25, 0.3) is 0 Å². The maximum atomic E-state index is 6.20. The number of hydrogen-bond acceptors (Lipinski definition) is 2. The van der Waals surface area contributed by atoms with Crippen molar-refractivity contribution in [2.75, 3.05) is 0 Å². The average Bonchev–Trinajstić information content (AvgIpc) is 2.66. The quantitative estimate of drug-likeness (QED) is 0.857. The fraction of sp³-hybridized carbons (Fsp3) is 0.357. The first-order chi connectivity index (χ1) is 9.11. The topological polar surface area (TPSA) is 29.9 Å². The number of nitrogens with one attached hydrogen (secondary N) is 1. The monoisotopic (exact) mass is 297 g/mol. The number of halogens is 2. The summed E-state index contributed by atoms with van der Waals surface area (Å²) in [6, 6.07) is 8.26. The van der Waals surface area contributed by atoms with E-state index in [0.717, 1.165) is 28.5 Å². The normalized spacial score (nSPS) is 10.9. The van der Waals surface area contributed by atoms with E-state index in [9.17, 15) is 0 Å².